The summed E-state index contributed by atoms with van der Waals surface area (Å²) < 4.78 is 5.68. The first-order chi connectivity index (χ1) is 13.6. The molecule has 4 atom stereocenters. The fraction of sp³-hybridized carbons (Fsp3) is 0.526. The highest BCUT2D eigenvalue weighted by Crippen LogP contribution is 2.34. The van der Waals surface area contributed by atoms with Crippen LogP contribution < -0.4 is 20.9 Å². The summed E-state index contributed by atoms with van der Waals surface area (Å²) in [6.45, 7) is 2.74. The monoisotopic (exact) mass is 421 g/mol. The van der Waals surface area contributed by atoms with Gasteiger partial charge in [-0.2, -0.15) is 0 Å². The molecular weight excluding hydrogens is 398 g/mol. The molecule has 9 heteroatoms. The molecule has 150 valence electrons. The number of nitrogens with zero attached hydrogens (tertiary/aromatic N) is 2. The second kappa shape index (κ2) is 8.73. The number of carbonyl (C=O) groups excluding carboxylic acids is 1. The largest absolute Gasteiger partial charge is 0.493 e. The average Bonchev–Trinajstić information content (AvgIpc) is 3.30. The van der Waals surface area contributed by atoms with Crippen molar-refractivity contribution in [3.63, 3.8) is 0 Å². The van der Waals surface area contributed by atoms with E-state index in [1.807, 2.05) is 12.1 Å². The van der Waals surface area contributed by atoms with Gasteiger partial charge in [-0.25, -0.2) is 5.43 Å². The van der Waals surface area contributed by atoms with E-state index in [0.29, 0.717) is 41.1 Å². The highest BCUT2D eigenvalue weighted by molar-refractivity contribution is 7.15. The van der Waals surface area contributed by atoms with Gasteiger partial charge in [0.1, 0.15) is 16.8 Å². The molecule has 0 radical (unpaired) electrons. The van der Waals surface area contributed by atoms with E-state index < -0.39 is 0 Å². The average molecular weight is 422 g/mol. The predicted octanol–water partition coefficient (Wildman–Crippen LogP) is 3.03. The number of rotatable bonds is 6. The summed E-state index contributed by atoms with van der Waals surface area (Å²) >= 11 is 7.25. The lowest BCUT2D eigenvalue weighted by Crippen LogP contribution is -2.42. The van der Waals surface area contributed by atoms with Crippen LogP contribution in [0.5, 0.6) is 5.75 Å². The highest BCUT2D eigenvalue weighted by atomic mass is 35.5. The van der Waals surface area contributed by atoms with Gasteiger partial charge in [0.2, 0.25) is 11.0 Å². The van der Waals surface area contributed by atoms with Crippen LogP contribution in [-0.4, -0.2) is 34.8 Å². The van der Waals surface area contributed by atoms with E-state index in [-0.39, 0.29) is 11.9 Å². The topological polar surface area (TPSA) is 88.2 Å². The van der Waals surface area contributed by atoms with Crippen molar-refractivity contribution in [2.75, 3.05) is 11.9 Å². The van der Waals surface area contributed by atoms with Gasteiger partial charge < -0.3 is 4.74 Å². The number of carbonyl (C=O) groups is 1. The lowest BCUT2D eigenvalue weighted by molar-refractivity contribution is -0.119. The van der Waals surface area contributed by atoms with Crippen molar-refractivity contribution >= 4 is 34.0 Å². The van der Waals surface area contributed by atoms with Crippen LogP contribution in [0.1, 0.15) is 31.2 Å². The molecule has 2 aliphatic rings. The number of fused-ring (bicyclic) bond motifs is 1. The Balaban J connectivity index is 1.27. The quantitative estimate of drug-likeness (QED) is 0.664. The Morgan fingerprint density at radius 3 is 2.93 bits per heavy atom. The molecule has 4 rings (SSSR count). The first kappa shape index (κ1) is 19.6. The number of amides is 1. The molecule has 1 saturated carbocycles. The molecule has 1 aromatic heterocycles. The van der Waals surface area contributed by atoms with Gasteiger partial charge in [-0.15, -0.1) is 10.2 Å². The Morgan fingerprint density at radius 2 is 2.11 bits per heavy atom. The van der Waals surface area contributed by atoms with Gasteiger partial charge in [-0.05, 0) is 49.4 Å². The van der Waals surface area contributed by atoms with Gasteiger partial charge in [0.25, 0.3) is 0 Å². The van der Waals surface area contributed by atoms with Crippen molar-refractivity contribution in [3.8, 4) is 5.75 Å². The van der Waals surface area contributed by atoms with Crippen molar-refractivity contribution < 1.29 is 9.53 Å². The van der Waals surface area contributed by atoms with E-state index in [9.17, 15) is 4.79 Å². The number of benzene rings is 1. The molecule has 3 N–H and O–H groups in total. The zero-order chi connectivity index (χ0) is 19.5. The second-order valence-corrected chi connectivity index (χ2v) is 9.00. The van der Waals surface area contributed by atoms with Gasteiger partial charge >= 0.3 is 0 Å². The highest BCUT2D eigenvalue weighted by Gasteiger charge is 2.42. The molecule has 0 spiro atoms. The fourth-order valence-electron chi connectivity index (χ4n) is 3.91. The Labute approximate surface area is 173 Å². The van der Waals surface area contributed by atoms with E-state index >= 15 is 0 Å². The normalized spacial score (nSPS) is 26.6. The number of hydrogen-bond donors (Lipinski definition) is 3. The molecule has 2 fully saturated rings. The molecule has 1 aliphatic heterocycles. The molecule has 1 aromatic carbocycles. The number of hydrazine groups is 1. The molecule has 4 unspecified atom stereocenters. The third-order valence-corrected chi connectivity index (χ3v) is 6.54. The molecule has 2 heterocycles. The molecule has 1 aliphatic carbocycles. The van der Waals surface area contributed by atoms with E-state index in [0.717, 1.165) is 23.6 Å². The zero-order valence-electron chi connectivity index (χ0n) is 15.7. The zero-order valence-corrected chi connectivity index (χ0v) is 17.2. The van der Waals surface area contributed by atoms with Gasteiger partial charge in [0.05, 0.1) is 6.61 Å². The van der Waals surface area contributed by atoms with Crippen LogP contribution in [0.4, 0.5) is 5.13 Å². The molecule has 2 aromatic rings. The van der Waals surface area contributed by atoms with E-state index in [1.165, 1.54) is 17.8 Å². The summed E-state index contributed by atoms with van der Waals surface area (Å²) in [5.41, 5.74) is 6.45. The summed E-state index contributed by atoms with van der Waals surface area (Å²) in [5, 5.41) is 13.2. The van der Waals surface area contributed by atoms with Crippen molar-refractivity contribution in [1.29, 1.82) is 0 Å². The van der Waals surface area contributed by atoms with Gasteiger partial charge in [-0.3, -0.25) is 15.5 Å². The van der Waals surface area contributed by atoms with Crippen molar-refractivity contribution in [3.05, 3.63) is 34.3 Å². The number of anilines is 1. The van der Waals surface area contributed by atoms with Crippen LogP contribution >= 0.6 is 22.9 Å². The lowest BCUT2D eigenvalue weighted by Gasteiger charge is -2.30. The van der Waals surface area contributed by atoms with Gasteiger partial charge in [0.15, 0.2) is 0 Å². The van der Waals surface area contributed by atoms with Crippen molar-refractivity contribution in [2.45, 2.75) is 44.7 Å². The Morgan fingerprint density at radius 1 is 1.29 bits per heavy atom. The number of halogens is 1. The first-order valence-electron chi connectivity index (χ1n) is 9.61. The van der Waals surface area contributed by atoms with Crippen molar-refractivity contribution in [2.24, 2.45) is 11.8 Å². The summed E-state index contributed by atoms with van der Waals surface area (Å²) in [6, 6.07) is 7.39. The molecule has 1 saturated heterocycles. The number of nitrogens with one attached hydrogen (secondary N) is 3. The summed E-state index contributed by atoms with van der Waals surface area (Å²) in [5.74, 6) is 1.70. The van der Waals surface area contributed by atoms with Gasteiger partial charge in [-0.1, -0.05) is 29.9 Å². The number of hydrogen-bond acceptors (Lipinski definition) is 7. The molecule has 0 bridgehead atoms. The third kappa shape index (κ3) is 4.63. The van der Waals surface area contributed by atoms with Gasteiger partial charge in [0, 0.05) is 23.4 Å². The Kier molecular flexibility index (Phi) is 6.10. The minimum absolute atomic E-state index is 0.0470. The van der Waals surface area contributed by atoms with Crippen LogP contribution in [0.3, 0.4) is 0 Å². The standard InChI is InChI=1S/C19H24ClN5O2S/c1-11-2-7-15-14(10-11)17(24-22-15)18(26)21-19-25-23-16(28-19)8-9-27-13-5-3-12(20)4-6-13/h3-6,11,14-15,17,22,24H,2,7-10H2,1H3,(H,21,25,26). The van der Waals surface area contributed by atoms with Crippen LogP contribution in [0.15, 0.2) is 24.3 Å². The fourth-order valence-corrected chi connectivity index (χ4v) is 4.76. The molecular formula is C19H24ClN5O2S. The van der Waals surface area contributed by atoms with Crippen LogP contribution in [0.2, 0.25) is 5.02 Å². The van der Waals surface area contributed by atoms with E-state index in [1.54, 1.807) is 12.1 Å². The minimum atomic E-state index is -0.228. The summed E-state index contributed by atoms with van der Waals surface area (Å²) in [7, 11) is 0. The smallest absolute Gasteiger partial charge is 0.245 e. The summed E-state index contributed by atoms with van der Waals surface area (Å²) in [6.07, 6.45) is 4.01. The lowest BCUT2D eigenvalue weighted by atomic mass is 9.76. The molecule has 7 nitrogen and oxygen atoms in total. The molecule has 28 heavy (non-hydrogen) atoms. The number of ether oxygens (including phenoxy) is 1. The van der Waals surface area contributed by atoms with E-state index in [2.05, 4.69) is 33.3 Å². The number of aromatic nitrogens is 2. The van der Waals surface area contributed by atoms with Crippen molar-refractivity contribution in [1.82, 2.24) is 21.0 Å². The SMILES string of the molecule is CC1CCC2NNC(C(=O)Nc3nnc(CCOc4ccc(Cl)cc4)s3)C2C1. The predicted molar refractivity (Wildman–Crippen MR) is 110 cm³/mol. The summed E-state index contributed by atoms with van der Waals surface area (Å²) in [4.78, 5) is 12.7. The van der Waals surface area contributed by atoms with Crippen LogP contribution in [0, 0.1) is 11.8 Å². The maximum Gasteiger partial charge on any atom is 0.245 e. The third-order valence-electron chi connectivity index (χ3n) is 5.39. The first-order valence-corrected chi connectivity index (χ1v) is 10.8. The van der Waals surface area contributed by atoms with Crippen LogP contribution in [-0.2, 0) is 11.2 Å². The maximum absolute atomic E-state index is 12.7. The maximum atomic E-state index is 12.7. The van der Waals surface area contributed by atoms with E-state index in [4.69, 9.17) is 16.3 Å². The Bertz CT molecular complexity index is 815. The van der Waals surface area contributed by atoms with Crippen LogP contribution in [0.25, 0.3) is 0 Å². The minimum Gasteiger partial charge on any atom is -0.493 e. The molecule has 1 amide bonds. The Hall–Kier alpha value is -1.74. The second-order valence-electron chi connectivity index (χ2n) is 7.50.